The van der Waals surface area contributed by atoms with E-state index in [4.69, 9.17) is 9.16 Å². The van der Waals surface area contributed by atoms with Crippen LogP contribution in [0.5, 0.6) is 0 Å². The minimum absolute atomic E-state index is 0.282. The fraction of sp³-hybridized carbons (Fsp3) is 0.714. The van der Waals surface area contributed by atoms with Crippen LogP contribution < -0.4 is 5.32 Å². The topological polar surface area (TPSA) is 12.0 Å². The van der Waals surface area contributed by atoms with Crippen LogP contribution in [0.1, 0.15) is 23.5 Å². The summed E-state index contributed by atoms with van der Waals surface area (Å²) in [5.74, 6) is 2.02. The second-order valence-electron chi connectivity index (χ2n) is 2.64. The van der Waals surface area contributed by atoms with Crippen molar-refractivity contribution in [1.82, 2.24) is 5.32 Å². The van der Waals surface area contributed by atoms with Gasteiger partial charge in [-0.2, -0.15) is 0 Å². The summed E-state index contributed by atoms with van der Waals surface area (Å²) in [6.45, 7) is 3.89. The highest BCUT2D eigenvalue weighted by Crippen LogP contribution is 1.95. The second kappa shape index (κ2) is 2.74. The molecule has 0 bridgehead atoms. The van der Waals surface area contributed by atoms with Gasteiger partial charge in [-0.1, -0.05) is 5.92 Å². The second-order valence-corrected chi connectivity index (χ2v) is 2.64. The van der Waals surface area contributed by atoms with Crippen LogP contribution >= 0.6 is 0 Å². The molecule has 0 aromatic rings. The molecule has 0 amide bonds. The van der Waals surface area contributed by atoms with E-state index in [1.807, 2.05) is 26.7 Å². The summed E-state index contributed by atoms with van der Waals surface area (Å²) in [4.78, 5) is 0. The number of rotatable bonds is 1. The molecule has 0 atom stereocenters. The monoisotopic (exact) mass is 113 g/mol. The maximum absolute atomic E-state index is 7.15. The van der Waals surface area contributed by atoms with E-state index in [2.05, 4.69) is 5.32 Å². The predicted octanol–water partition coefficient (Wildman–Crippen LogP) is 1.01. The molecular formula is C7H13N. The zero-order valence-electron chi connectivity index (χ0n) is 7.58. The van der Waals surface area contributed by atoms with Crippen molar-refractivity contribution in [2.45, 2.75) is 26.3 Å². The van der Waals surface area contributed by atoms with Gasteiger partial charge in [-0.05, 0) is 20.8 Å². The Morgan fingerprint density at radius 1 is 1.75 bits per heavy atom. The van der Waals surface area contributed by atoms with Crippen LogP contribution in [-0.4, -0.2) is 12.0 Å². The van der Waals surface area contributed by atoms with Crippen molar-refractivity contribution < 1.29 is 2.74 Å². The van der Waals surface area contributed by atoms with Gasteiger partial charge in [-0.25, -0.2) is 0 Å². The number of terminal acetylenes is 1. The maximum atomic E-state index is 7.15. The lowest BCUT2D eigenvalue weighted by Gasteiger charge is -2.17. The molecule has 1 heteroatoms. The molecular weight excluding hydrogens is 98.1 g/mol. The van der Waals surface area contributed by atoms with E-state index >= 15 is 0 Å². The molecule has 0 saturated carbocycles. The van der Waals surface area contributed by atoms with Crippen LogP contribution in [0, 0.1) is 12.3 Å². The molecule has 0 aliphatic rings. The van der Waals surface area contributed by atoms with Crippen LogP contribution in [0.2, 0.25) is 0 Å². The van der Waals surface area contributed by atoms with Gasteiger partial charge >= 0.3 is 0 Å². The Kier molecular flexibility index (Phi) is 1.51. The van der Waals surface area contributed by atoms with Crippen LogP contribution in [0.25, 0.3) is 0 Å². The van der Waals surface area contributed by atoms with E-state index in [0.717, 1.165) is 0 Å². The van der Waals surface area contributed by atoms with Crippen molar-refractivity contribution >= 4 is 0 Å². The Balaban J connectivity index is 4.05. The minimum atomic E-state index is -1.70. The Labute approximate surface area is 54.3 Å². The molecule has 1 nitrogen and oxygen atoms in total. The predicted molar refractivity (Wildman–Crippen MR) is 36.6 cm³/mol. The van der Waals surface area contributed by atoms with Gasteiger partial charge in [0.1, 0.15) is 0 Å². The highest BCUT2D eigenvalue weighted by atomic mass is 14.9. The Morgan fingerprint density at radius 3 is 2.38 bits per heavy atom. The molecule has 0 heterocycles. The Bertz CT molecular complexity index is 150. The first-order chi connectivity index (χ1) is 4.27. The summed E-state index contributed by atoms with van der Waals surface area (Å²) in [6.07, 6.45) is 4.93. The zero-order valence-corrected chi connectivity index (χ0v) is 5.58. The van der Waals surface area contributed by atoms with Crippen LogP contribution in [0.15, 0.2) is 0 Å². The lowest BCUT2D eigenvalue weighted by molar-refractivity contribution is 0.452. The SMILES string of the molecule is [2H]C([2H])(C#C)NC(C)(C)C. The highest BCUT2D eigenvalue weighted by molar-refractivity contribution is 4.89. The van der Waals surface area contributed by atoms with Crippen molar-refractivity contribution in [3.8, 4) is 12.3 Å². The van der Waals surface area contributed by atoms with Gasteiger partial charge in [0.15, 0.2) is 0 Å². The lowest BCUT2D eigenvalue weighted by Crippen LogP contribution is -2.35. The van der Waals surface area contributed by atoms with Crippen LogP contribution in [0.4, 0.5) is 0 Å². The van der Waals surface area contributed by atoms with Gasteiger partial charge in [-0.15, -0.1) is 6.42 Å². The van der Waals surface area contributed by atoms with E-state index in [9.17, 15) is 0 Å². The van der Waals surface area contributed by atoms with Gasteiger partial charge in [0.05, 0.1) is 9.24 Å². The van der Waals surface area contributed by atoms with Crippen LogP contribution in [-0.2, 0) is 0 Å². The first-order valence-corrected chi connectivity index (χ1v) is 2.54. The minimum Gasteiger partial charge on any atom is -0.301 e. The quantitative estimate of drug-likeness (QED) is 0.500. The molecule has 0 aliphatic carbocycles. The smallest absolute Gasteiger partial charge is 0.0577 e. The van der Waals surface area contributed by atoms with Gasteiger partial charge in [-0.3, -0.25) is 0 Å². The molecule has 8 heavy (non-hydrogen) atoms. The lowest BCUT2D eigenvalue weighted by atomic mass is 10.1. The van der Waals surface area contributed by atoms with E-state index in [1.165, 1.54) is 0 Å². The first kappa shape index (κ1) is 4.40. The molecule has 0 saturated heterocycles. The van der Waals surface area contributed by atoms with Crippen molar-refractivity contribution in [2.24, 2.45) is 0 Å². The summed E-state index contributed by atoms with van der Waals surface area (Å²) in [5.41, 5.74) is -0.282. The first-order valence-electron chi connectivity index (χ1n) is 3.54. The molecule has 0 fully saturated rings. The molecule has 0 unspecified atom stereocenters. The molecule has 0 spiro atoms. The van der Waals surface area contributed by atoms with E-state index in [0.29, 0.717) is 0 Å². The molecule has 46 valence electrons. The number of hydrogen-bond acceptors (Lipinski definition) is 1. The Morgan fingerprint density at radius 2 is 2.25 bits per heavy atom. The van der Waals surface area contributed by atoms with E-state index in [-0.39, 0.29) is 5.54 Å². The van der Waals surface area contributed by atoms with Gasteiger partial charge in [0, 0.05) is 5.54 Å². The summed E-state index contributed by atoms with van der Waals surface area (Å²) in [5, 5.41) is 2.64. The molecule has 0 radical (unpaired) electrons. The van der Waals surface area contributed by atoms with Crippen LogP contribution in [0.3, 0.4) is 0 Å². The van der Waals surface area contributed by atoms with Crippen molar-refractivity contribution in [3.05, 3.63) is 0 Å². The average molecular weight is 113 g/mol. The van der Waals surface area contributed by atoms with E-state index in [1.54, 1.807) is 0 Å². The number of nitrogens with one attached hydrogen (secondary N) is 1. The van der Waals surface area contributed by atoms with E-state index < -0.39 is 6.50 Å². The third kappa shape index (κ3) is 5.52. The third-order valence-electron chi connectivity index (χ3n) is 0.510. The molecule has 0 aliphatic heterocycles. The standard InChI is InChI=1S/C7H13N/c1-5-6-8-7(2,3)4/h1,8H,6H2,2-4H3/i6D2. The van der Waals surface area contributed by atoms with Crippen molar-refractivity contribution in [2.75, 3.05) is 6.50 Å². The summed E-state index contributed by atoms with van der Waals surface area (Å²) in [7, 11) is 0. The van der Waals surface area contributed by atoms with Gasteiger partial charge < -0.3 is 5.32 Å². The van der Waals surface area contributed by atoms with Gasteiger partial charge in [0.25, 0.3) is 0 Å². The number of hydrogen-bond donors (Lipinski definition) is 1. The summed E-state index contributed by atoms with van der Waals surface area (Å²) >= 11 is 0. The van der Waals surface area contributed by atoms with Gasteiger partial charge in [0.2, 0.25) is 0 Å². The maximum Gasteiger partial charge on any atom is 0.0577 e. The molecule has 0 aromatic heterocycles. The summed E-state index contributed by atoms with van der Waals surface area (Å²) in [6, 6.07) is 0. The average Bonchev–Trinajstić information content (AvgIpc) is 1.60. The molecule has 0 aromatic carbocycles. The summed E-state index contributed by atoms with van der Waals surface area (Å²) < 4.78 is 14.3. The normalized spacial score (nSPS) is 16.2. The van der Waals surface area contributed by atoms with Crippen molar-refractivity contribution in [1.29, 1.82) is 0 Å². The fourth-order valence-corrected chi connectivity index (χ4v) is 0.224. The fourth-order valence-electron chi connectivity index (χ4n) is 0.224. The highest BCUT2D eigenvalue weighted by Gasteiger charge is 2.05. The third-order valence-corrected chi connectivity index (χ3v) is 0.510. The Hall–Kier alpha value is -0.480. The zero-order chi connectivity index (χ0) is 8.41. The molecule has 0 rings (SSSR count). The molecule has 1 N–H and O–H groups in total. The largest absolute Gasteiger partial charge is 0.301 e. The van der Waals surface area contributed by atoms with Crippen molar-refractivity contribution in [3.63, 3.8) is 0 Å².